The Morgan fingerprint density at radius 2 is 2.43 bits per heavy atom. The van der Waals surface area contributed by atoms with E-state index in [1.165, 1.54) is 6.07 Å². The molecule has 5 heteroatoms. The van der Waals surface area contributed by atoms with Crippen molar-refractivity contribution < 1.29 is 4.39 Å². The van der Waals surface area contributed by atoms with Crippen LogP contribution in [0.4, 0.5) is 4.39 Å². The van der Waals surface area contributed by atoms with E-state index in [-0.39, 0.29) is 11.2 Å². The molecule has 76 valence electrons. The SMILES string of the molecule is NN1CCC[C@@H]1c1cnc(Cl)c(F)c1. The molecule has 14 heavy (non-hydrogen) atoms. The number of halogens is 2. The van der Waals surface area contributed by atoms with Crippen LogP contribution >= 0.6 is 11.6 Å². The van der Waals surface area contributed by atoms with E-state index in [1.54, 1.807) is 11.2 Å². The molecule has 2 rings (SSSR count). The summed E-state index contributed by atoms with van der Waals surface area (Å²) in [6.45, 7) is 0.842. The molecule has 1 atom stereocenters. The van der Waals surface area contributed by atoms with Crippen molar-refractivity contribution in [2.45, 2.75) is 18.9 Å². The van der Waals surface area contributed by atoms with Crippen molar-refractivity contribution in [3.05, 3.63) is 28.8 Å². The second kappa shape index (κ2) is 3.81. The highest BCUT2D eigenvalue weighted by Crippen LogP contribution is 2.29. The normalized spacial score (nSPS) is 22.9. The van der Waals surface area contributed by atoms with Gasteiger partial charge in [0.15, 0.2) is 11.0 Å². The van der Waals surface area contributed by atoms with E-state index >= 15 is 0 Å². The molecule has 0 spiro atoms. The molecular weight excluding hydrogens is 205 g/mol. The monoisotopic (exact) mass is 215 g/mol. The summed E-state index contributed by atoms with van der Waals surface area (Å²) in [5.41, 5.74) is 0.798. The quantitative estimate of drug-likeness (QED) is 0.575. The van der Waals surface area contributed by atoms with Crippen molar-refractivity contribution >= 4 is 11.6 Å². The molecule has 0 aromatic carbocycles. The van der Waals surface area contributed by atoms with E-state index in [2.05, 4.69) is 4.98 Å². The minimum absolute atomic E-state index is 0.0780. The van der Waals surface area contributed by atoms with E-state index in [1.807, 2.05) is 0 Å². The average Bonchev–Trinajstić information content (AvgIpc) is 2.57. The first-order valence-corrected chi connectivity index (χ1v) is 4.88. The molecule has 3 nitrogen and oxygen atoms in total. The Hall–Kier alpha value is -0.710. The molecule has 1 aromatic rings. The molecule has 1 aliphatic rings. The number of nitrogens with zero attached hydrogens (tertiary/aromatic N) is 2. The first kappa shape index (κ1) is 9.83. The second-order valence-electron chi connectivity index (χ2n) is 3.44. The maximum atomic E-state index is 13.1. The van der Waals surface area contributed by atoms with Crippen LogP contribution < -0.4 is 5.84 Å². The lowest BCUT2D eigenvalue weighted by atomic mass is 10.1. The zero-order valence-corrected chi connectivity index (χ0v) is 8.34. The van der Waals surface area contributed by atoms with Crippen molar-refractivity contribution in [2.75, 3.05) is 6.54 Å². The van der Waals surface area contributed by atoms with Gasteiger partial charge in [-0.2, -0.15) is 0 Å². The molecule has 0 radical (unpaired) electrons. The maximum Gasteiger partial charge on any atom is 0.164 e. The fourth-order valence-electron chi connectivity index (χ4n) is 1.77. The van der Waals surface area contributed by atoms with E-state index in [0.29, 0.717) is 0 Å². The van der Waals surface area contributed by atoms with Crippen LogP contribution in [-0.2, 0) is 0 Å². The molecule has 1 aromatic heterocycles. The predicted octanol–water partition coefficient (Wildman–Crippen LogP) is 1.88. The van der Waals surface area contributed by atoms with Gasteiger partial charge in [-0.1, -0.05) is 11.6 Å². The molecule has 0 amide bonds. The van der Waals surface area contributed by atoms with Crippen LogP contribution in [0.2, 0.25) is 5.15 Å². The molecule has 1 saturated heterocycles. The topological polar surface area (TPSA) is 42.1 Å². The maximum absolute atomic E-state index is 13.1. The number of nitrogens with two attached hydrogens (primary N) is 1. The van der Waals surface area contributed by atoms with Crippen molar-refractivity contribution in [3.8, 4) is 0 Å². The lowest BCUT2D eigenvalue weighted by molar-refractivity contribution is 0.265. The summed E-state index contributed by atoms with van der Waals surface area (Å²) >= 11 is 5.49. The molecule has 1 fully saturated rings. The van der Waals surface area contributed by atoms with Crippen LogP contribution in [0.25, 0.3) is 0 Å². The van der Waals surface area contributed by atoms with Gasteiger partial charge in [0, 0.05) is 12.7 Å². The van der Waals surface area contributed by atoms with Crippen molar-refractivity contribution in [3.63, 3.8) is 0 Å². The first-order chi connectivity index (χ1) is 6.68. The van der Waals surface area contributed by atoms with E-state index in [4.69, 9.17) is 17.4 Å². The van der Waals surface area contributed by atoms with Gasteiger partial charge in [-0.15, -0.1) is 0 Å². The zero-order chi connectivity index (χ0) is 10.1. The summed E-state index contributed by atoms with van der Waals surface area (Å²) in [5.74, 6) is 5.27. The standard InChI is InChI=1S/C9H11ClFN3/c10-9-7(11)4-6(5-13-9)8-2-1-3-14(8)12/h4-5,8H,1-3,12H2/t8-/m1/s1. The number of hydrogen-bond acceptors (Lipinski definition) is 3. The van der Waals surface area contributed by atoms with Gasteiger partial charge >= 0.3 is 0 Å². The van der Waals surface area contributed by atoms with Gasteiger partial charge in [0.1, 0.15) is 0 Å². The molecule has 0 bridgehead atoms. The van der Waals surface area contributed by atoms with Crippen molar-refractivity contribution in [2.24, 2.45) is 5.84 Å². The van der Waals surface area contributed by atoms with Crippen LogP contribution in [0.5, 0.6) is 0 Å². The number of aromatic nitrogens is 1. The average molecular weight is 216 g/mol. The first-order valence-electron chi connectivity index (χ1n) is 4.51. The summed E-state index contributed by atoms with van der Waals surface area (Å²) in [6.07, 6.45) is 3.56. The van der Waals surface area contributed by atoms with Crippen LogP contribution in [0.3, 0.4) is 0 Å². The lowest BCUT2D eigenvalue weighted by Gasteiger charge is -2.18. The molecule has 2 heterocycles. The molecule has 0 unspecified atom stereocenters. The molecule has 0 aliphatic carbocycles. The summed E-state index contributed by atoms with van der Waals surface area (Å²) in [6, 6.07) is 1.49. The molecule has 0 saturated carbocycles. The highest BCUT2D eigenvalue weighted by molar-refractivity contribution is 6.29. The lowest BCUT2D eigenvalue weighted by Crippen LogP contribution is -2.30. The third kappa shape index (κ3) is 1.73. The van der Waals surface area contributed by atoms with Gasteiger partial charge in [-0.05, 0) is 24.5 Å². The predicted molar refractivity (Wildman–Crippen MR) is 52.1 cm³/mol. The minimum Gasteiger partial charge on any atom is -0.268 e. The number of pyridine rings is 1. The van der Waals surface area contributed by atoms with Gasteiger partial charge < -0.3 is 0 Å². The largest absolute Gasteiger partial charge is 0.268 e. The Morgan fingerprint density at radius 3 is 3.00 bits per heavy atom. The Morgan fingerprint density at radius 1 is 1.64 bits per heavy atom. The van der Waals surface area contributed by atoms with Gasteiger partial charge in [-0.25, -0.2) is 14.4 Å². The fourth-order valence-corrected chi connectivity index (χ4v) is 1.87. The number of hydrogen-bond donors (Lipinski definition) is 1. The molecule has 2 N–H and O–H groups in total. The van der Waals surface area contributed by atoms with E-state index in [9.17, 15) is 4.39 Å². The highest BCUT2D eigenvalue weighted by atomic mass is 35.5. The summed E-state index contributed by atoms with van der Waals surface area (Å²) in [5, 5.41) is 1.62. The van der Waals surface area contributed by atoms with Gasteiger partial charge in [0.25, 0.3) is 0 Å². The summed E-state index contributed by atoms with van der Waals surface area (Å²) in [4.78, 5) is 3.77. The number of rotatable bonds is 1. The highest BCUT2D eigenvalue weighted by Gasteiger charge is 2.24. The van der Waals surface area contributed by atoms with Crippen molar-refractivity contribution in [1.29, 1.82) is 0 Å². The number of hydrazine groups is 1. The van der Waals surface area contributed by atoms with E-state index < -0.39 is 5.82 Å². The van der Waals surface area contributed by atoms with E-state index in [0.717, 1.165) is 24.9 Å². The van der Waals surface area contributed by atoms with Gasteiger partial charge in [-0.3, -0.25) is 5.84 Å². The summed E-state index contributed by atoms with van der Waals surface area (Å²) < 4.78 is 13.1. The zero-order valence-electron chi connectivity index (χ0n) is 7.58. The Labute approximate surface area is 86.6 Å². The third-order valence-corrected chi connectivity index (χ3v) is 2.77. The smallest absolute Gasteiger partial charge is 0.164 e. The minimum atomic E-state index is -0.482. The van der Waals surface area contributed by atoms with Gasteiger partial charge in [0.2, 0.25) is 0 Å². The summed E-state index contributed by atoms with van der Waals surface area (Å²) in [7, 11) is 0. The molecular formula is C9H11ClFN3. The third-order valence-electron chi connectivity index (χ3n) is 2.50. The molecule has 1 aliphatic heterocycles. The van der Waals surface area contributed by atoms with Crippen LogP contribution in [-0.4, -0.2) is 16.5 Å². The van der Waals surface area contributed by atoms with Crippen LogP contribution in [0.1, 0.15) is 24.4 Å². The van der Waals surface area contributed by atoms with Crippen LogP contribution in [0.15, 0.2) is 12.3 Å². The van der Waals surface area contributed by atoms with Crippen LogP contribution in [0, 0.1) is 5.82 Å². The van der Waals surface area contributed by atoms with Gasteiger partial charge in [0.05, 0.1) is 6.04 Å². The Balaban J connectivity index is 2.28. The van der Waals surface area contributed by atoms with Crippen molar-refractivity contribution in [1.82, 2.24) is 9.99 Å². The Kier molecular flexibility index (Phi) is 2.67. The Bertz CT molecular complexity index is 345. The second-order valence-corrected chi connectivity index (χ2v) is 3.80. The fraction of sp³-hybridized carbons (Fsp3) is 0.444.